The first kappa shape index (κ1) is 23.7. The van der Waals surface area contributed by atoms with Crippen molar-refractivity contribution < 1.29 is 9.59 Å². The van der Waals surface area contributed by atoms with E-state index in [1.165, 1.54) is 0 Å². The van der Waals surface area contributed by atoms with Crippen LogP contribution in [0.3, 0.4) is 0 Å². The Morgan fingerprint density at radius 3 is 2.44 bits per heavy atom. The second-order valence-electron chi connectivity index (χ2n) is 9.86. The molecule has 34 heavy (non-hydrogen) atoms. The minimum Gasteiger partial charge on any atom is -0.372 e. The number of allylic oxidation sites excluding steroid dienone is 3. The maximum Gasteiger partial charge on any atom is 0.255 e. The quantitative estimate of drug-likeness (QED) is 0.625. The number of aromatic nitrogens is 1. The molecule has 2 aromatic rings. The molecule has 1 aromatic carbocycles. The average molecular weight is 459 g/mol. The van der Waals surface area contributed by atoms with Gasteiger partial charge in [0.05, 0.1) is 0 Å². The van der Waals surface area contributed by atoms with E-state index in [1.807, 2.05) is 19.1 Å². The molecule has 1 aliphatic carbocycles. The smallest absolute Gasteiger partial charge is 0.255 e. The zero-order valence-corrected chi connectivity index (χ0v) is 20.7. The van der Waals surface area contributed by atoms with Crippen LogP contribution in [0.1, 0.15) is 58.9 Å². The normalized spacial score (nSPS) is 19.4. The number of nitrogens with one attached hydrogen (secondary N) is 2. The molecule has 1 aromatic heterocycles. The Hall–Kier alpha value is -3.41. The van der Waals surface area contributed by atoms with Gasteiger partial charge in [0.2, 0.25) is 0 Å². The molecule has 4 rings (SSSR count). The van der Waals surface area contributed by atoms with Gasteiger partial charge in [0.15, 0.2) is 5.78 Å². The molecule has 1 aliphatic heterocycles. The molecular formula is C28H34N4O2. The van der Waals surface area contributed by atoms with Crippen molar-refractivity contribution in [3.63, 3.8) is 0 Å². The number of amides is 1. The lowest BCUT2D eigenvalue weighted by molar-refractivity contribution is -0.118. The van der Waals surface area contributed by atoms with E-state index in [0.717, 1.165) is 42.2 Å². The third-order valence-corrected chi connectivity index (χ3v) is 6.75. The SMILES string of the molecule is CCN(CC)c1ccc([C@@H]2C(C(=O)Nc3ccccn3)=C(C)NC3=C2C(=O)CC(C)(C)C3)cc1. The summed E-state index contributed by atoms with van der Waals surface area (Å²) in [6, 6.07) is 13.7. The number of hydrogen-bond donors (Lipinski definition) is 2. The van der Waals surface area contributed by atoms with Crippen molar-refractivity contribution in [1.29, 1.82) is 0 Å². The first-order valence-electron chi connectivity index (χ1n) is 12.1. The zero-order valence-electron chi connectivity index (χ0n) is 20.7. The molecule has 6 nitrogen and oxygen atoms in total. The highest BCUT2D eigenvalue weighted by atomic mass is 16.2. The van der Waals surface area contributed by atoms with Crippen LogP contribution < -0.4 is 15.5 Å². The summed E-state index contributed by atoms with van der Waals surface area (Å²) >= 11 is 0. The maximum atomic E-state index is 13.5. The molecule has 0 radical (unpaired) electrons. The van der Waals surface area contributed by atoms with Crippen molar-refractivity contribution in [2.45, 2.75) is 53.4 Å². The van der Waals surface area contributed by atoms with E-state index in [2.05, 4.69) is 72.5 Å². The monoisotopic (exact) mass is 458 g/mol. The van der Waals surface area contributed by atoms with Crippen LogP contribution in [-0.4, -0.2) is 29.8 Å². The van der Waals surface area contributed by atoms with E-state index < -0.39 is 5.92 Å². The first-order chi connectivity index (χ1) is 16.2. The number of rotatable bonds is 6. The Morgan fingerprint density at radius 1 is 1.12 bits per heavy atom. The van der Waals surface area contributed by atoms with Gasteiger partial charge in [-0.25, -0.2) is 4.98 Å². The Bertz CT molecular complexity index is 1140. The number of dihydropyridines is 1. The van der Waals surface area contributed by atoms with E-state index >= 15 is 0 Å². The average Bonchev–Trinajstić information content (AvgIpc) is 2.79. The Labute approximate surface area is 202 Å². The lowest BCUT2D eigenvalue weighted by Gasteiger charge is -2.39. The van der Waals surface area contributed by atoms with Gasteiger partial charge in [-0.3, -0.25) is 9.59 Å². The molecule has 2 aliphatic rings. The molecule has 6 heteroatoms. The Balaban J connectivity index is 1.79. The predicted octanol–water partition coefficient (Wildman–Crippen LogP) is 5.17. The summed E-state index contributed by atoms with van der Waals surface area (Å²) in [6.07, 6.45) is 2.89. The van der Waals surface area contributed by atoms with E-state index in [-0.39, 0.29) is 17.1 Å². The van der Waals surface area contributed by atoms with Gasteiger partial charge < -0.3 is 15.5 Å². The summed E-state index contributed by atoms with van der Waals surface area (Å²) in [6.45, 7) is 12.3. The van der Waals surface area contributed by atoms with Crippen molar-refractivity contribution in [3.05, 3.63) is 76.8 Å². The molecule has 2 N–H and O–H groups in total. The standard InChI is InChI=1S/C28H34N4O2/c1-6-32(7-2)20-13-11-19(12-14-20)25-24(27(34)31-23-10-8-9-15-29-23)18(3)30-21-16-28(4,5)17-22(33)26(21)25/h8-15,25,30H,6-7,16-17H2,1-5H3,(H,29,31,34)/t25-/m1/s1. The fourth-order valence-electron chi connectivity index (χ4n) is 5.16. The minimum atomic E-state index is -0.422. The number of Topliss-reactive ketones (excluding diaryl/α,β-unsaturated/α-hetero) is 1. The summed E-state index contributed by atoms with van der Waals surface area (Å²) in [4.78, 5) is 33.5. The summed E-state index contributed by atoms with van der Waals surface area (Å²) < 4.78 is 0. The van der Waals surface area contributed by atoms with Crippen LogP contribution in [0, 0.1) is 5.41 Å². The molecule has 0 bridgehead atoms. The van der Waals surface area contributed by atoms with Crippen molar-refractivity contribution >= 4 is 23.2 Å². The number of carbonyl (C=O) groups is 2. The number of hydrogen-bond acceptors (Lipinski definition) is 5. The van der Waals surface area contributed by atoms with Gasteiger partial charge in [-0.05, 0) is 62.4 Å². The summed E-state index contributed by atoms with van der Waals surface area (Å²) in [5.74, 6) is -0.0773. The third-order valence-electron chi connectivity index (χ3n) is 6.75. The second-order valence-corrected chi connectivity index (χ2v) is 9.86. The van der Waals surface area contributed by atoms with Crippen molar-refractivity contribution in [1.82, 2.24) is 10.3 Å². The minimum absolute atomic E-state index is 0.104. The van der Waals surface area contributed by atoms with Crippen molar-refractivity contribution in [2.75, 3.05) is 23.3 Å². The number of ketones is 1. The molecular weight excluding hydrogens is 424 g/mol. The number of pyridine rings is 1. The van der Waals surface area contributed by atoms with Crippen LogP contribution in [0.4, 0.5) is 11.5 Å². The molecule has 0 fully saturated rings. The van der Waals surface area contributed by atoms with Crippen LogP contribution >= 0.6 is 0 Å². The second kappa shape index (κ2) is 9.45. The van der Waals surface area contributed by atoms with Crippen LogP contribution in [0.5, 0.6) is 0 Å². The first-order valence-corrected chi connectivity index (χ1v) is 12.1. The topological polar surface area (TPSA) is 74.3 Å². The van der Waals surface area contributed by atoms with E-state index in [0.29, 0.717) is 23.4 Å². The van der Waals surface area contributed by atoms with Crippen LogP contribution in [0.2, 0.25) is 0 Å². The summed E-state index contributed by atoms with van der Waals surface area (Å²) in [5.41, 5.74) is 4.95. The molecule has 0 saturated heterocycles. The molecule has 1 atom stereocenters. The van der Waals surface area contributed by atoms with Gasteiger partial charge >= 0.3 is 0 Å². The molecule has 2 heterocycles. The molecule has 0 spiro atoms. The number of carbonyl (C=O) groups excluding carboxylic acids is 2. The number of anilines is 2. The van der Waals surface area contributed by atoms with Crippen LogP contribution in [-0.2, 0) is 9.59 Å². The van der Waals surface area contributed by atoms with E-state index in [4.69, 9.17) is 0 Å². The molecule has 178 valence electrons. The fourth-order valence-corrected chi connectivity index (χ4v) is 5.16. The Kier molecular flexibility index (Phi) is 6.60. The predicted molar refractivity (Wildman–Crippen MR) is 136 cm³/mol. The largest absolute Gasteiger partial charge is 0.372 e. The van der Waals surface area contributed by atoms with Crippen LogP contribution in [0.15, 0.2) is 71.2 Å². The lowest BCUT2D eigenvalue weighted by Crippen LogP contribution is -2.39. The van der Waals surface area contributed by atoms with Crippen molar-refractivity contribution in [2.24, 2.45) is 5.41 Å². The van der Waals surface area contributed by atoms with Gasteiger partial charge in [-0.1, -0.05) is 32.0 Å². The number of benzene rings is 1. The van der Waals surface area contributed by atoms with Gasteiger partial charge in [0.1, 0.15) is 5.82 Å². The third kappa shape index (κ3) is 4.63. The van der Waals surface area contributed by atoms with Crippen LogP contribution in [0.25, 0.3) is 0 Å². The summed E-state index contributed by atoms with van der Waals surface area (Å²) in [7, 11) is 0. The zero-order chi connectivity index (χ0) is 24.5. The highest BCUT2D eigenvalue weighted by molar-refractivity contribution is 6.09. The number of nitrogens with zero attached hydrogens (tertiary/aromatic N) is 2. The van der Waals surface area contributed by atoms with E-state index in [1.54, 1.807) is 12.3 Å². The van der Waals surface area contributed by atoms with Crippen molar-refractivity contribution in [3.8, 4) is 0 Å². The van der Waals surface area contributed by atoms with Gasteiger partial charge in [-0.15, -0.1) is 0 Å². The van der Waals surface area contributed by atoms with Gasteiger partial charge in [-0.2, -0.15) is 0 Å². The van der Waals surface area contributed by atoms with Gasteiger partial charge in [0, 0.05) is 59.9 Å². The molecule has 0 saturated carbocycles. The lowest BCUT2D eigenvalue weighted by atomic mass is 9.68. The van der Waals surface area contributed by atoms with Gasteiger partial charge in [0.25, 0.3) is 5.91 Å². The maximum absolute atomic E-state index is 13.5. The highest BCUT2D eigenvalue weighted by Crippen LogP contribution is 2.46. The highest BCUT2D eigenvalue weighted by Gasteiger charge is 2.42. The molecule has 0 unspecified atom stereocenters. The fraction of sp³-hybridized carbons (Fsp3) is 0.393. The Morgan fingerprint density at radius 2 is 1.82 bits per heavy atom. The summed E-state index contributed by atoms with van der Waals surface area (Å²) in [5, 5.41) is 6.34. The van der Waals surface area contributed by atoms with E-state index in [9.17, 15) is 9.59 Å². The molecule has 1 amide bonds.